The first-order chi connectivity index (χ1) is 9.13. The van der Waals surface area contributed by atoms with Gasteiger partial charge in [0.2, 0.25) is 0 Å². The average molecular weight is 286 g/mol. The van der Waals surface area contributed by atoms with Crippen LogP contribution in [-0.4, -0.2) is 19.3 Å². The van der Waals surface area contributed by atoms with Crippen LogP contribution < -0.4 is 5.32 Å². The van der Waals surface area contributed by atoms with Crippen molar-refractivity contribution in [2.75, 3.05) is 13.2 Å². The SMILES string of the molecule is CCCNC(c1cc(F)ccc1Cl)C1OCCC1C. The van der Waals surface area contributed by atoms with E-state index in [2.05, 4.69) is 19.2 Å². The number of ether oxygens (including phenoxy) is 1. The highest BCUT2D eigenvalue weighted by Crippen LogP contribution is 2.34. The third-order valence-electron chi connectivity index (χ3n) is 3.68. The van der Waals surface area contributed by atoms with E-state index in [0.717, 1.165) is 31.6 Å². The minimum absolute atomic E-state index is 0.0411. The number of hydrogen-bond acceptors (Lipinski definition) is 2. The molecule has 2 rings (SSSR count). The minimum Gasteiger partial charge on any atom is -0.376 e. The molecule has 1 aromatic rings. The van der Waals surface area contributed by atoms with Gasteiger partial charge in [-0.25, -0.2) is 4.39 Å². The summed E-state index contributed by atoms with van der Waals surface area (Å²) in [5.74, 6) is 0.196. The van der Waals surface area contributed by atoms with Gasteiger partial charge in [0.15, 0.2) is 0 Å². The molecule has 0 aromatic heterocycles. The summed E-state index contributed by atoms with van der Waals surface area (Å²) in [7, 11) is 0. The van der Waals surface area contributed by atoms with Crippen LogP contribution >= 0.6 is 11.6 Å². The van der Waals surface area contributed by atoms with Gasteiger partial charge in [0.25, 0.3) is 0 Å². The van der Waals surface area contributed by atoms with E-state index in [4.69, 9.17) is 16.3 Å². The van der Waals surface area contributed by atoms with Gasteiger partial charge >= 0.3 is 0 Å². The van der Waals surface area contributed by atoms with Crippen molar-refractivity contribution in [2.24, 2.45) is 5.92 Å². The lowest BCUT2D eigenvalue weighted by atomic mass is 9.92. The highest BCUT2D eigenvalue weighted by atomic mass is 35.5. The summed E-state index contributed by atoms with van der Waals surface area (Å²) in [6.07, 6.45) is 2.12. The van der Waals surface area contributed by atoms with Crippen LogP contribution in [0.25, 0.3) is 0 Å². The number of halogens is 2. The van der Waals surface area contributed by atoms with Crippen LogP contribution in [0.1, 0.15) is 38.3 Å². The molecule has 1 aliphatic heterocycles. The highest BCUT2D eigenvalue weighted by molar-refractivity contribution is 6.31. The molecular formula is C15H21ClFNO. The standard InChI is InChI=1S/C15H21ClFNO/c1-3-7-18-14(15-10(2)6-8-19-15)12-9-11(17)4-5-13(12)16/h4-5,9-10,14-15,18H,3,6-8H2,1-2H3. The zero-order valence-corrected chi connectivity index (χ0v) is 12.2. The molecule has 0 bridgehead atoms. The number of benzene rings is 1. The Morgan fingerprint density at radius 3 is 2.95 bits per heavy atom. The highest BCUT2D eigenvalue weighted by Gasteiger charge is 2.33. The van der Waals surface area contributed by atoms with E-state index in [1.54, 1.807) is 6.07 Å². The Morgan fingerprint density at radius 1 is 1.53 bits per heavy atom. The van der Waals surface area contributed by atoms with Crippen LogP contribution in [0.4, 0.5) is 4.39 Å². The summed E-state index contributed by atoms with van der Waals surface area (Å²) in [5.41, 5.74) is 0.800. The Kier molecular flexibility index (Phi) is 5.20. The second kappa shape index (κ2) is 6.69. The van der Waals surface area contributed by atoms with E-state index in [0.29, 0.717) is 10.9 Å². The summed E-state index contributed by atoms with van der Waals surface area (Å²) in [4.78, 5) is 0. The maximum absolute atomic E-state index is 13.5. The molecule has 106 valence electrons. The molecule has 1 fully saturated rings. The molecule has 0 amide bonds. The Labute approximate surface area is 119 Å². The van der Waals surface area contributed by atoms with E-state index in [1.807, 2.05) is 0 Å². The lowest BCUT2D eigenvalue weighted by molar-refractivity contribution is 0.0606. The average Bonchev–Trinajstić information content (AvgIpc) is 2.80. The molecule has 2 nitrogen and oxygen atoms in total. The van der Waals surface area contributed by atoms with Crippen molar-refractivity contribution in [3.63, 3.8) is 0 Å². The van der Waals surface area contributed by atoms with Crippen molar-refractivity contribution in [1.29, 1.82) is 0 Å². The lowest BCUT2D eigenvalue weighted by Gasteiger charge is -2.28. The van der Waals surface area contributed by atoms with Crippen LogP contribution in [0, 0.1) is 11.7 Å². The Bertz CT molecular complexity index is 427. The lowest BCUT2D eigenvalue weighted by Crippen LogP contribution is -2.35. The fourth-order valence-electron chi connectivity index (χ4n) is 2.60. The van der Waals surface area contributed by atoms with Crippen molar-refractivity contribution in [3.8, 4) is 0 Å². The molecule has 0 spiro atoms. The zero-order valence-electron chi connectivity index (χ0n) is 11.5. The summed E-state index contributed by atoms with van der Waals surface area (Å²) in [6, 6.07) is 4.48. The van der Waals surface area contributed by atoms with Crippen molar-refractivity contribution in [2.45, 2.75) is 38.8 Å². The fourth-order valence-corrected chi connectivity index (χ4v) is 2.83. The second-order valence-electron chi connectivity index (χ2n) is 5.20. The number of nitrogens with one attached hydrogen (secondary N) is 1. The van der Waals surface area contributed by atoms with Crippen LogP contribution in [0.5, 0.6) is 0 Å². The third kappa shape index (κ3) is 3.47. The van der Waals surface area contributed by atoms with Crippen LogP contribution in [0.15, 0.2) is 18.2 Å². The minimum atomic E-state index is -0.256. The van der Waals surface area contributed by atoms with Crippen molar-refractivity contribution >= 4 is 11.6 Å². The molecule has 0 saturated carbocycles. The topological polar surface area (TPSA) is 21.3 Å². The fraction of sp³-hybridized carbons (Fsp3) is 0.600. The molecule has 0 radical (unpaired) electrons. The second-order valence-corrected chi connectivity index (χ2v) is 5.61. The van der Waals surface area contributed by atoms with Gasteiger partial charge < -0.3 is 10.1 Å². The smallest absolute Gasteiger partial charge is 0.123 e. The summed E-state index contributed by atoms with van der Waals surface area (Å²) >= 11 is 6.23. The molecular weight excluding hydrogens is 265 g/mol. The number of hydrogen-bond donors (Lipinski definition) is 1. The molecule has 1 aliphatic rings. The van der Waals surface area contributed by atoms with E-state index in [-0.39, 0.29) is 18.0 Å². The number of rotatable bonds is 5. The van der Waals surface area contributed by atoms with Crippen LogP contribution in [0.3, 0.4) is 0 Å². The molecule has 3 unspecified atom stereocenters. The predicted molar refractivity (Wildman–Crippen MR) is 76.0 cm³/mol. The molecule has 0 aliphatic carbocycles. The Balaban J connectivity index is 2.28. The molecule has 1 N–H and O–H groups in total. The van der Waals surface area contributed by atoms with E-state index < -0.39 is 0 Å². The predicted octanol–water partition coefficient (Wildman–Crippen LogP) is 3.94. The largest absolute Gasteiger partial charge is 0.376 e. The Morgan fingerprint density at radius 2 is 2.32 bits per heavy atom. The maximum Gasteiger partial charge on any atom is 0.123 e. The first-order valence-electron chi connectivity index (χ1n) is 6.93. The van der Waals surface area contributed by atoms with E-state index >= 15 is 0 Å². The summed E-state index contributed by atoms with van der Waals surface area (Å²) in [5, 5.41) is 4.05. The first kappa shape index (κ1) is 14.8. The van der Waals surface area contributed by atoms with Gasteiger partial charge in [-0.3, -0.25) is 0 Å². The van der Waals surface area contributed by atoms with Gasteiger partial charge in [-0.05, 0) is 49.1 Å². The molecule has 1 aromatic carbocycles. The van der Waals surface area contributed by atoms with Crippen molar-refractivity contribution in [1.82, 2.24) is 5.32 Å². The van der Waals surface area contributed by atoms with Gasteiger partial charge in [0.1, 0.15) is 5.82 Å². The van der Waals surface area contributed by atoms with E-state index in [9.17, 15) is 4.39 Å². The molecule has 19 heavy (non-hydrogen) atoms. The third-order valence-corrected chi connectivity index (χ3v) is 4.02. The van der Waals surface area contributed by atoms with Crippen LogP contribution in [0.2, 0.25) is 5.02 Å². The Hall–Kier alpha value is -0.640. The van der Waals surface area contributed by atoms with Crippen molar-refractivity contribution < 1.29 is 9.13 Å². The molecule has 3 atom stereocenters. The molecule has 1 saturated heterocycles. The van der Waals surface area contributed by atoms with Gasteiger partial charge in [-0.2, -0.15) is 0 Å². The normalized spacial score (nSPS) is 24.6. The maximum atomic E-state index is 13.5. The quantitative estimate of drug-likeness (QED) is 0.885. The van der Waals surface area contributed by atoms with Gasteiger partial charge in [0, 0.05) is 11.6 Å². The molecule has 1 heterocycles. The van der Waals surface area contributed by atoms with E-state index in [1.165, 1.54) is 12.1 Å². The van der Waals surface area contributed by atoms with Gasteiger partial charge in [-0.15, -0.1) is 0 Å². The summed E-state index contributed by atoms with van der Waals surface area (Å²) < 4.78 is 19.3. The monoisotopic (exact) mass is 285 g/mol. The van der Waals surface area contributed by atoms with Crippen molar-refractivity contribution in [3.05, 3.63) is 34.6 Å². The zero-order chi connectivity index (χ0) is 13.8. The van der Waals surface area contributed by atoms with Crippen LogP contribution in [-0.2, 0) is 4.74 Å². The van der Waals surface area contributed by atoms with Gasteiger partial charge in [0.05, 0.1) is 12.1 Å². The first-order valence-corrected chi connectivity index (χ1v) is 7.31. The summed E-state index contributed by atoms with van der Waals surface area (Å²) in [6.45, 7) is 5.91. The van der Waals surface area contributed by atoms with Gasteiger partial charge in [-0.1, -0.05) is 25.4 Å². The molecule has 4 heteroatoms.